The van der Waals surface area contributed by atoms with Gasteiger partial charge < -0.3 is 14.2 Å². The molecule has 0 radical (unpaired) electrons. The van der Waals surface area contributed by atoms with Crippen molar-refractivity contribution in [2.75, 3.05) is 13.2 Å². The van der Waals surface area contributed by atoms with E-state index in [-0.39, 0.29) is 11.4 Å². The molecule has 1 saturated carbocycles. The molecule has 2 aliphatic heterocycles. The normalized spacial score (nSPS) is 29.7. The fourth-order valence-electron chi connectivity index (χ4n) is 4.35. The van der Waals surface area contributed by atoms with Crippen molar-refractivity contribution < 1.29 is 14.2 Å². The Balaban J connectivity index is 1.55. The largest absolute Gasteiger partial charge is 0.486 e. The Hall–Kier alpha value is -0.290. The average Bonchev–Trinajstić information content (AvgIpc) is 3.12. The van der Waals surface area contributed by atoms with Crippen molar-refractivity contribution in [3.8, 4) is 5.75 Å². The van der Waals surface area contributed by atoms with Crippen molar-refractivity contribution in [3.63, 3.8) is 0 Å². The number of hydrogen-bond donors (Lipinski definition) is 0. The third-order valence-electron chi connectivity index (χ3n) is 5.80. The zero-order valence-corrected chi connectivity index (χ0v) is 15.9. The lowest BCUT2D eigenvalue weighted by Crippen LogP contribution is -2.45. The van der Waals surface area contributed by atoms with Gasteiger partial charge in [-0.25, -0.2) is 0 Å². The molecule has 1 aliphatic carbocycles. The van der Waals surface area contributed by atoms with Crippen LogP contribution in [-0.2, 0) is 15.9 Å². The highest BCUT2D eigenvalue weighted by Crippen LogP contribution is 2.51. The number of fused-ring (bicyclic) bond motifs is 1. The van der Waals surface area contributed by atoms with E-state index in [0.29, 0.717) is 5.92 Å². The van der Waals surface area contributed by atoms with E-state index in [2.05, 4.69) is 29.8 Å². The molecule has 5 heteroatoms. The van der Waals surface area contributed by atoms with Crippen molar-refractivity contribution in [3.05, 3.63) is 26.7 Å². The van der Waals surface area contributed by atoms with Gasteiger partial charge in [-0.2, -0.15) is 0 Å². The Morgan fingerprint density at radius 2 is 1.87 bits per heavy atom. The highest BCUT2D eigenvalue weighted by atomic mass is 79.9. The van der Waals surface area contributed by atoms with E-state index in [1.165, 1.54) is 0 Å². The Morgan fingerprint density at radius 1 is 1.22 bits per heavy atom. The van der Waals surface area contributed by atoms with Crippen molar-refractivity contribution in [2.45, 2.75) is 57.3 Å². The molecular formula is C18H22BrClO3. The first kappa shape index (κ1) is 16.2. The zero-order chi connectivity index (χ0) is 16.2. The first-order valence-electron chi connectivity index (χ1n) is 8.37. The topological polar surface area (TPSA) is 27.7 Å². The second-order valence-electron chi connectivity index (χ2n) is 7.25. The van der Waals surface area contributed by atoms with Crippen LogP contribution in [0.3, 0.4) is 0 Å². The van der Waals surface area contributed by atoms with Gasteiger partial charge in [0, 0.05) is 39.9 Å². The molecule has 1 aromatic rings. The summed E-state index contributed by atoms with van der Waals surface area (Å²) < 4.78 is 19.2. The van der Waals surface area contributed by atoms with E-state index in [1.54, 1.807) is 0 Å². The molecule has 1 saturated heterocycles. The maximum atomic E-state index is 6.48. The van der Waals surface area contributed by atoms with Crippen LogP contribution in [-0.4, -0.2) is 24.6 Å². The summed E-state index contributed by atoms with van der Waals surface area (Å²) in [6.07, 6.45) is 4.95. The lowest BCUT2D eigenvalue weighted by atomic mass is 9.74. The lowest BCUT2D eigenvalue weighted by molar-refractivity contribution is -0.190. The first-order valence-corrected chi connectivity index (χ1v) is 9.54. The van der Waals surface area contributed by atoms with Gasteiger partial charge in [0.25, 0.3) is 0 Å². The Kier molecular flexibility index (Phi) is 3.96. The number of hydrogen-bond acceptors (Lipinski definition) is 3. The maximum Gasteiger partial charge on any atom is 0.168 e. The number of benzene rings is 1. The van der Waals surface area contributed by atoms with Crippen molar-refractivity contribution in [2.24, 2.45) is 5.92 Å². The van der Waals surface area contributed by atoms with Gasteiger partial charge in [0.15, 0.2) is 5.79 Å². The molecule has 0 aromatic heterocycles. The SMILES string of the molecule is Cc1c(Br)cc(Cl)c2c1OC(C)(C1CCC3(CC1)OCCO3)C2. The highest BCUT2D eigenvalue weighted by molar-refractivity contribution is 9.10. The average molecular weight is 402 g/mol. The van der Waals surface area contributed by atoms with Gasteiger partial charge in [0.2, 0.25) is 0 Å². The summed E-state index contributed by atoms with van der Waals surface area (Å²) in [7, 11) is 0. The van der Waals surface area contributed by atoms with Crippen LogP contribution in [0.5, 0.6) is 5.75 Å². The van der Waals surface area contributed by atoms with E-state index in [4.69, 9.17) is 25.8 Å². The molecule has 0 N–H and O–H groups in total. The minimum atomic E-state index is -0.311. The van der Waals surface area contributed by atoms with Crippen LogP contribution in [0, 0.1) is 12.8 Å². The summed E-state index contributed by atoms with van der Waals surface area (Å²) in [6, 6.07) is 1.99. The standard InChI is InChI=1S/C18H22BrClO3/c1-11-14(19)9-15(20)13-10-17(2,23-16(11)13)12-3-5-18(6-4-12)21-7-8-22-18/h9,12H,3-8,10H2,1-2H3. The fraction of sp³-hybridized carbons (Fsp3) is 0.667. The van der Waals surface area contributed by atoms with E-state index in [1.807, 2.05) is 6.07 Å². The van der Waals surface area contributed by atoms with E-state index >= 15 is 0 Å². The molecule has 3 nitrogen and oxygen atoms in total. The molecule has 1 atom stereocenters. The Bertz CT molecular complexity index is 632. The van der Waals surface area contributed by atoms with Crippen molar-refractivity contribution >= 4 is 27.5 Å². The molecule has 126 valence electrons. The summed E-state index contributed by atoms with van der Waals surface area (Å²) in [5.74, 6) is 1.16. The highest BCUT2D eigenvalue weighted by Gasteiger charge is 2.49. The molecule has 0 bridgehead atoms. The van der Waals surface area contributed by atoms with E-state index in [9.17, 15) is 0 Å². The lowest BCUT2D eigenvalue weighted by Gasteiger charge is -2.41. The zero-order valence-electron chi connectivity index (χ0n) is 13.6. The molecular weight excluding hydrogens is 380 g/mol. The van der Waals surface area contributed by atoms with Crippen LogP contribution in [0.1, 0.15) is 43.7 Å². The van der Waals surface area contributed by atoms with Crippen LogP contribution < -0.4 is 4.74 Å². The van der Waals surface area contributed by atoms with Gasteiger partial charge in [0.05, 0.1) is 13.2 Å². The van der Waals surface area contributed by atoms with Crippen LogP contribution in [0.4, 0.5) is 0 Å². The minimum absolute atomic E-state index is 0.183. The first-order chi connectivity index (χ1) is 10.9. The maximum absolute atomic E-state index is 6.48. The Labute approximate surface area is 150 Å². The molecule has 4 rings (SSSR count). The number of halogens is 2. The van der Waals surface area contributed by atoms with Gasteiger partial charge in [-0.3, -0.25) is 0 Å². The summed E-state index contributed by atoms with van der Waals surface area (Å²) in [4.78, 5) is 0. The third-order valence-corrected chi connectivity index (χ3v) is 6.96. The molecule has 3 aliphatic rings. The van der Waals surface area contributed by atoms with Gasteiger partial charge in [-0.1, -0.05) is 27.5 Å². The molecule has 1 aromatic carbocycles. The molecule has 23 heavy (non-hydrogen) atoms. The van der Waals surface area contributed by atoms with E-state index < -0.39 is 0 Å². The third kappa shape index (κ3) is 2.62. The summed E-state index contributed by atoms with van der Waals surface area (Å²) in [5, 5.41) is 0.802. The minimum Gasteiger partial charge on any atom is -0.486 e. The smallest absolute Gasteiger partial charge is 0.168 e. The van der Waals surface area contributed by atoms with Gasteiger partial charge in [-0.05, 0) is 38.7 Å². The van der Waals surface area contributed by atoms with Gasteiger partial charge >= 0.3 is 0 Å². The van der Waals surface area contributed by atoms with Crippen molar-refractivity contribution in [1.29, 1.82) is 0 Å². The molecule has 2 fully saturated rings. The van der Waals surface area contributed by atoms with Gasteiger partial charge in [-0.15, -0.1) is 0 Å². The number of rotatable bonds is 1. The summed E-state index contributed by atoms with van der Waals surface area (Å²) in [6.45, 7) is 5.77. The quantitative estimate of drug-likeness (QED) is 0.660. The van der Waals surface area contributed by atoms with Crippen LogP contribution in [0.2, 0.25) is 5.02 Å². The van der Waals surface area contributed by atoms with Crippen molar-refractivity contribution in [1.82, 2.24) is 0 Å². The van der Waals surface area contributed by atoms with Crippen LogP contribution in [0.25, 0.3) is 0 Å². The second kappa shape index (κ2) is 5.62. The monoisotopic (exact) mass is 400 g/mol. The second-order valence-corrected chi connectivity index (χ2v) is 8.51. The predicted octanol–water partition coefficient (Wildman–Crippen LogP) is 5.04. The molecule has 1 spiro atoms. The Morgan fingerprint density at radius 3 is 2.52 bits per heavy atom. The van der Waals surface area contributed by atoms with Crippen LogP contribution in [0.15, 0.2) is 10.5 Å². The van der Waals surface area contributed by atoms with Crippen LogP contribution >= 0.6 is 27.5 Å². The molecule has 2 heterocycles. The van der Waals surface area contributed by atoms with Gasteiger partial charge in [0.1, 0.15) is 11.4 Å². The molecule has 0 amide bonds. The summed E-state index contributed by atoms with van der Waals surface area (Å²) >= 11 is 10.0. The number of ether oxygens (including phenoxy) is 3. The predicted molar refractivity (Wildman–Crippen MR) is 93.2 cm³/mol. The fourth-order valence-corrected chi connectivity index (χ4v) is 5.16. The molecule has 1 unspecified atom stereocenters. The van der Waals surface area contributed by atoms with E-state index in [0.717, 1.165) is 71.7 Å². The summed E-state index contributed by atoms with van der Waals surface area (Å²) in [5.41, 5.74) is 2.11.